The summed E-state index contributed by atoms with van der Waals surface area (Å²) < 4.78 is 0. The first-order valence-electron chi connectivity index (χ1n) is 4.47. The summed E-state index contributed by atoms with van der Waals surface area (Å²) in [4.78, 5) is 0. The quantitative estimate of drug-likeness (QED) is 0.766. The van der Waals surface area contributed by atoms with Gasteiger partial charge in [-0.1, -0.05) is 39.8 Å². The van der Waals surface area contributed by atoms with E-state index in [0.29, 0.717) is 5.41 Å². The maximum atomic E-state index is 5.77. The van der Waals surface area contributed by atoms with Gasteiger partial charge in [0.25, 0.3) is 0 Å². The molecule has 0 bridgehead atoms. The highest BCUT2D eigenvalue weighted by molar-refractivity contribution is 6.30. The summed E-state index contributed by atoms with van der Waals surface area (Å²) in [6.07, 6.45) is 0. The Labute approximate surface area is 92.5 Å². The van der Waals surface area contributed by atoms with Crippen molar-refractivity contribution in [1.29, 1.82) is 0 Å². The van der Waals surface area contributed by atoms with Crippen LogP contribution in [-0.2, 0) is 0 Å². The van der Waals surface area contributed by atoms with Crippen molar-refractivity contribution in [3.63, 3.8) is 0 Å². The molecule has 1 aromatic rings. The molecule has 0 aliphatic heterocycles. The molecule has 0 aliphatic carbocycles. The van der Waals surface area contributed by atoms with Crippen LogP contribution in [0.4, 0.5) is 5.69 Å². The number of hydrogen-bond acceptors (Lipinski definition) is 1. The molecule has 0 amide bonds. The van der Waals surface area contributed by atoms with Crippen LogP contribution < -0.4 is 5.32 Å². The molecule has 2 heteroatoms. The Morgan fingerprint density at radius 2 is 1.64 bits per heavy atom. The Bertz CT molecular complexity index is 259. The van der Waals surface area contributed by atoms with Crippen LogP contribution in [0.1, 0.15) is 28.2 Å². The van der Waals surface area contributed by atoms with E-state index in [1.165, 1.54) is 0 Å². The molecule has 0 heterocycles. The third-order valence-electron chi connectivity index (χ3n) is 1.67. The molecule has 1 aromatic carbocycles. The number of anilines is 1. The molecule has 1 N–H and O–H groups in total. The van der Waals surface area contributed by atoms with Crippen molar-refractivity contribution >= 4 is 17.3 Å². The second-order valence-corrected chi connectivity index (χ2v) is 4.86. The van der Waals surface area contributed by atoms with Gasteiger partial charge in [0.15, 0.2) is 0 Å². The Kier molecular flexibility index (Phi) is 5.00. The maximum absolute atomic E-state index is 5.77. The lowest BCUT2D eigenvalue weighted by Gasteiger charge is -2.19. The van der Waals surface area contributed by atoms with Gasteiger partial charge in [-0.05, 0) is 29.7 Å². The summed E-state index contributed by atoms with van der Waals surface area (Å²) in [6.45, 7) is 7.58. The third-order valence-corrected chi connectivity index (χ3v) is 1.92. The van der Waals surface area contributed by atoms with E-state index in [0.717, 1.165) is 17.3 Å². The van der Waals surface area contributed by atoms with Gasteiger partial charge in [-0.15, -0.1) is 0 Å². The van der Waals surface area contributed by atoms with Gasteiger partial charge >= 0.3 is 0 Å². The summed E-state index contributed by atoms with van der Waals surface area (Å²) in [5.41, 5.74) is 1.43. The highest BCUT2D eigenvalue weighted by Gasteiger charge is 2.08. The first kappa shape index (κ1) is 13.3. The van der Waals surface area contributed by atoms with Gasteiger partial charge in [-0.25, -0.2) is 0 Å². The summed E-state index contributed by atoms with van der Waals surface area (Å²) in [5.74, 6) is 0. The summed E-state index contributed by atoms with van der Waals surface area (Å²) in [5, 5.41) is 4.13. The Morgan fingerprint density at radius 1 is 1.14 bits per heavy atom. The van der Waals surface area contributed by atoms with Crippen molar-refractivity contribution in [3.8, 4) is 0 Å². The fourth-order valence-corrected chi connectivity index (χ4v) is 1.06. The largest absolute Gasteiger partial charge is 0.385 e. The van der Waals surface area contributed by atoms with E-state index in [1.54, 1.807) is 0 Å². The predicted octanol–water partition coefficient (Wildman–Crippen LogP) is 4.43. The SMILES string of the molecule is C.CC(C)(C)CNc1ccc(Cl)cc1. The van der Waals surface area contributed by atoms with Gasteiger partial charge in [0.2, 0.25) is 0 Å². The van der Waals surface area contributed by atoms with Gasteiger partial charge < -0.3 is 5.32 Å². The van der Waals surface area contributed by atoms with Gasteiger partial charge in [0.05, 0.1) is 0 Å². The molecular weight excluding hydrogens is 194 g/mol. The molecule has 0 fully saturated rings. The van der Waals surface area contributed by atoms with Crippen LogP contribution in [0.2, 0.25) is 5.02 Å². The van der Waals surface area contributed by atoms with E-state index in [-0.39, 0.29) is 7.43 Å². The molecule has 1 nitrogen and oxygen atoms in total. The smallest absolute Gasteiger partial charge is 0.0407 e. The average molecular weight is 214 g/mol. The first-order chi connectivity index (χ1) is 5.97. The van der Waals surface area contributed by atoms with Crippen LogP contribution in [-0.4, -0.2) is 6.54 Å². The van der Waals surface area contributed by atoms with Crippen LogP contribution in [0.15, 0.2) is 24.3 Å². The molecule has 0 saturated heterocycles. The molecule has 0 aliphatic rings. The van der Waals surface area contributed by atoms with Crippen molar-refractivity contribution in [1.82, 2.24) is 0 Å². The fraction of sp³-hybridized carbons (Fsp3) is 0.500. The van der Waals surface area contributed by atoms with E-state index in [1.807, 2.05) is 24.3 Å². The van der Waals surface area contributed by atoms with Crippen molar-refractivity contribution in [2.75, 3.05) is 11.9 Å². The van der Waals surface area contributed by atoms with Crippen LogP contribution in [0, 0.1) is 5.41 Å². The van der Waals surface area contributed by atoms with Gasteiger partial charge in [-0.3, -0.25) is 0 Å². The highest BCUT2D eigenvalue weighted by atomic mass is 35.5. The van der Waals surface area contributed by atoms with E-state index >= 15 is 0 Å². The highest BCUT2D eigenvalue weighted by Crippen LogP contribution is 2.17. The molecule has 0 radical (unpaired) electrons. The van der Waals surface area contributed by atoms with Gasteiger partial charge in [0, 0.05) is 17.3 Å². The normalized spacial score (nSPS) is 10.6. The number of hydrogen-bond donors (Lipinski definition) is 1. The second-order valence-electron chi connectivity index (χ2n) is 4.42. The first-order valence-corrected chi connectivity index (χ1v) is 4.85. The minimum atomic E-state index is 0. The number of halogens is 1. The zero-order valence-electron chi connectivity index (χ0n) is 8.39. The standard InChI is InChI=1S/C11H16ClN.CH4/c1-11(2,3)8-13-10-6-4-9(12)5-7-10;/h4-7,13H,8H2,1-3H3;1H4. The lowest BCUT2D eigenvalue weighted by atomic mass is 9.97. The minimum Gasteiger partial charge on any atom is -0.385 e. The van der Waals surface area contributed by atoms with E-state index in [4.69, 9.17) is 11.6 Å². The van der Waals surface area contributed by atoms with Crippen molar-refractivity contribution in [2.45, 2.75) is 28.2 Å². The topological polar surface area (TPSA) is 12.0 Å². The minimum absolute atomic E-state index is 0. The van der Waals surface area contributed by atoms with E-state index in [9.17, 15) is 0 Å². The van der Waals surface area contributed by atoms with Crippen LogP contribution >= 0.6 is 11.6 Å². The van der Waals surface area contributed by atoms with Gasteiger partial charge in [-0.2, -0.15) is 0 Å². The molecule has 0 saturated carbocycles. The molecule has 14 heavy (non-hydrogen) atoms. The van der Waals surface area contributed by atoms with Crippen molar-refractivity contribution in [2.24, 2.45) is 5.41 Å². The van der Waals surface area contributed by atoms with Crippen LogP contribution in [0.3, 0.4) is 0 Å². The number of benzene rings is 1. The van der Waals surface area contributed by atoms with Crippen molar-refractivity contribution in [3.05, 3.63) is 29.3 Å². The number of nitrogens with one attached hydrogen (secondary N) is 1. The van der Waals surface area contributed by atoms with E-state index < -0.39 is 0 Å². The lowest BCUT2D eigenvalue weighted by molar-refractivity contribution is 0.443. The lowest BCUT2D eigenvalue weighted by Crippen LogP contribution is -2.18. The summed E-state index contributed by atoms with van der Waals surface area (Å²) in [6, 6.07) is 7.78. The molecule has 0 spiro atoms. The number of rotatable bonds is 2. The predicted molar refractivity (Wildman–Crippen MR) is 66.1 cm³/mol. The Balaban J connectivity index is 0.00000169. The third kappa shape index (κ3) is 5.13. The molecular formula is C12H20ClN. The zero-order valence-corrected chi connectivity index (χ0v) is 9.15. The fourth-order valence-electron chi connectivity index (χ4n) is 0.935. The second kappa shape index (κ2) is 5.26. The monoisotopic (exact) mass is 213 g/mol. The van der Waals surface area contributed by atoms with E-state index in [2.05, 4.69) is 26.1 Å². The average Bonchev–Trinajstić information content (AvgIpc) is 2.02. The maximum Gasteiger partial charge on any atom is 0.0407 e. The molecule has 0 unspecified atom stereocenters. The molecule has 1 rings (SSSR count). The summed E-state index contributed by atoms with van der Waals surface area (Å²) >= 11 is 5.77. The van der Waals surface area contributed by atoms with Gasteiger partial charge in [0.1, 0.15) is 0 Å². The Hall–Kier alpha value is -0.690. The van der Waals surface area contributed by atoms with Crippen LogP contribution in [0.5, 0.6) is 0 Å². The molecule has 0 atom stereocenters. The van der Waals surface area contributed by atoms with Crippen LogP contribution in [0.25, 0.3) is 0 Å². The molecule has 80 valence electrons. The zero-order chi connectivity index (χ0) is 9.90. The Morgan fingerprint density at radius 3 is 2.07 bits per heavy atom. The molecule has 0 aromatic heterocycles. The van der Waals surface area contributed by atoms with Crippen molar-refractivity contribution < 1.29 is 0 Å². The summed E-state index contributed by atoms with van der Waals surface area (Å²) in [7, 11) is 0.